The summed E-state index contributed by atoms with van der Waals surface area (Å²) in [5.74, 6) is -1.91. The Morgan fingerprint density at radius 2 is 1.92 bits per heavy atom. The van der Waals surface area contributed by atoms with E-state index in [1.54, 1.807) is 6.07 Å². The molecule has 1 aromatic rings. The number of piperidine rings is 1. The predicted molar refractivity (Wildman–Crippen MR) is 97.4 cm³/mol. The molecule has 26 heavy (non-hydrogen) atoms. The Bertz CT molecular complexity index is 630. The van der Waals surface area contributed by atoms with Crippen molar-refractivity contribution in [1.29, 1.82) is 0 Å². The number of ether oxygens (including phenoxy) is 1. The first kappa shape index (κ1) is 19.2. The number of hydrogen-bond donors (Lipinski definition) is 0. The molecule has 1 saturated heterocycles. The van der Waals surface area contributed by atoms with Gasteiger partial charge in [0.25, 0.3) is 0 Å². The summed E-state index contributed by atoms with van der Waals surface area (Å²) in [6, 6.07) is 2.74. The van der Waals surface area contributed by atoms with Gasteiger partial charge in [0.1, 0.15) is 0 Å². The van der Waals surface area contributed by atoms with Crippen molar-refractivity contribution < 1.29 is 18.3 Å². The standard InChI is InChI=1S/C20H28F2N2O2/c1-2-14-26-16-8-12-23(13-9-16)10-3-11-24-18(25)7-5-15-4-6-17(21)19(22)20(15)24/h4,6,16H,2-3,5,7-14H2,1H3. The number of hydrogen-bond acceptors (Lipinski definition) is 3. The topological polar surface area (TPSA) is 32.8 Å². The van der Waals surface area contributed by atoms with Crippen molar-refractivity contribution in [3.05, 3.63) is 29.3 Å². The largest absolute Gasteiger partial charge is 0.378 e. The van der Waals surface area contributed by atoms with Gasteiger partial charge in [0, 0.05) is 32.7 Å². The summed E-state index contributed by atoms with van der Waals surface area (Å²) in [6.45, 7) is 6.20. The van der Waals surface area contributed by atoms with Gasteiger partial charge >= 0.3 is 0 Å². The van der Waals surface area contributed by atoms with Crippen LogP contribution in [0.25, 0.3) is 0 Å². The summed E-state index contributed by atoms with van der Waals surface area (Å²) >= 11 is 0. The van der Waals surface area contributed by atoms with Crippen LogP contribution in [0.4, 0.5) is 14.5 Å². The van der Waals surface area contributed by atoms with Crippen LogP contribution < -0.4 is 4.90 Å². The van der Waals surface area contributed by atoms with E-state index in [0.29, 0.717) is 25.5 Å². The lowest BCUT2D eigenvalue weighted by Gasteiger charge is -2.33. The first-order chi connectivity index (χ1) is 12.6. The number of fused-ring (bicyclic) bond motifs is 1. The highest BCUT2D eigenvalue weighted by Crippen LogP contribution is 2.32. The number of carbonyl (C=O) groups excluding carboxylic acids is 1. The molecule has 0 aromatic heterocycles. The van der Waals surface area contributed by atoms with Gasteiger partial charge in [-0.25, -0.2) is 8.78 Å². The molecule has 4 nitrogen and oxygen atoms in total. The smallest absolute Gasteiger partial charge is 0.227 e. The molecule has 0 bridgehead atoms. The monoisotopic (exact) mass is 366 g/mol. The molecule has 0 saturated carbocycles. The van der Waals surface area contributed by atoms with Gasteiger partial charge in [-0.3, -0.25) is 4.79 Å². The van der Waals surface area contributed by atoms with Gasteiger partial charge in [-0.2, -0.15) is 0 Å². The molecule has 0 unspecified atom stereocenters. The summed E-state index contributed by atoms with van der Waals surface area (Å²) in [7, 11) is 0. The molecular formula is C20H28F2N2O2. The Morgan fingerprint density at radius 3 is 2.65 bits per heavy atom. The van der Waals surface area contributed by atoms with Gasteiger partial charge in [-0.1, -0.05) is 13.0 Å². The highest BCUT2D eigenvalue weighted by atomic mass is 19.2. The van der Waals surface area contributed by atoms with Crippen LogP contribution in [0.5, 0.6) is 0 Å². The number of anilines is 1. The van der Waals surface area contributed by atoms with Crippen molar-refractivity contribution >= 4 is 11.6 Å². The molecular weight excluding hydrogens is 338 g/mol. The summed E-state index contributed by atoms with van der Waals surface area (Å²) in [5.41, 5.74) is 0.866. The molecule has 0 atom stereocenters. The van der Waals surface area contributed by atoms with Crippen LogP contribution >= 0.6 is 0 Å². The highest BCUT2D eigenvalue weighted by Gasteiger charge is 2.28. The summed E-state index contributed by atoms with van der Waals surface area (Å²) < 4.78 is 33.7. The van der Waals surface area contributed by atoms with Gasteiger partial charge in [0.2, 0.25) is 5.91 Å². The quantitative estimate of drug-likeness (QED) is 0.740. The molecule has 144 valence electrons. The van der Waals surface area contributed by atoms with Crippen molar-refractivity contribution in [1.82, 2.24) is 4.90 Å². The number of benzene rings is 1. The SMILES string of the molecule is CCCOC1CCN(CCCN2C(=O)CCc3ccc(F)c(F)c32)CC1. The molecule has 3 rings (SSSR count). The van der Waals surface area contributed by atoms with Gasteiger partial charge < -0.3 is 14.5 Å². The first-order valence-electron chi connectivity index (χ1n) is 9.71. The van der Waals surface area contributed by atoms with Crippen LogP contribution in [0, 0.1) is 11.6 Å². The van der Waals surface area contributed by atoms with Crippen molar-refractivity contribution in [2.75, 3.05) is 37.7 Å². The highest BCUT2D eigenvalue weighted by molar-refractivity contribution is 5.96. The first-order valence-corrected chi connectivity index (χ1v) is 9.71. The Kier molecular flexibility index (Phi) is 6.59. The van der Waals surface area contributed by atoms with E-state index in [1.807, 2.05) is 0 Å². The molecule has 6 heteroatoms. The number of rotatable bonds is 7. The lowest BCUT2D eigenvalue weighted by atomic mass is 10.00. The van der Waals surface area contributed by atoms with Crippen LogP contribution in [0.3, 0.4) is 0 Å². The van der Waals surface area contributed by atoms with E-state index in [1.165, 1.54) is 4.90 Å². The molecule has 2 aliphatic heterocycles. The Morgan fingerprint density at radius 1 is 1.15 bits per heavy atom. The van der Waals surface area contributed by atoms with E-state index >= 15 is 0 Å². The zero-order valence-corrected chi connectivity index (χ0v) is 15.5. The maximum absolute atomic E-state index is 14.2. The normalized spacial score (nSPS) is 19.0. The van der Waals surface area contributed by atoms with Crippen molar-refractivity contribution in [3.63, 3.8) is 0 Å². The van der Waals surface area contributed by atoms with Gasteiger partial charge in [0.15, 0.2) is 11.6 Å². The lowest BCUT2D eigenvalue weighted by Crippen LogP contribution is -2.41. The molecule has 0 radical (unpaired) electrons. The third kappa shape index (κ3) is 4.41. The molecule has 0 spiro atoms. The van der Waals surface area contributed by atoms with E-state index in [-0.39, 0.29) is 11.6 Å². The zero-order valence-electron chi connectivity index (χ0n) is 15.5. The maximum Gasteiger partial charge on any atom is 0.227 e. The van der Waals surface area contributed by atoms with Crippen LogP contribution in [-0.2, 0) is 16.0 Å². The van der Waals surface area contributed by atoms with Gasteiger partial charge in [-0.15, -0.1) is 0 Å². The molecule has 1 amide bonds. The fraction of sp³-hybridized carbons (Fsp3) is 0.650. The minimum atomic E-state index is -0.899. The average Bonchev–Trinajstić information content (AvgIpc) is 2.65. The fourth-order valence-electron chi connectivity index (χ4n) is 3.85. The third-order valence-corrected chi connectivity index (χ3v) is 5.28. The number of likely N-dealkylation sites (tertiary alicyclic amines) is 1. The zero-order chi connectivity index (χ0) is 18.5. The van der Waals surface area contributed by atoms with E-state index in [2.05, 4.69) is 11.8 Å². The molecule has 1 fully saturated rings. The number of aryl methyl sites for hydroxylation is 1. The van der Waals surface area contributed by atoms with Crippen LogP contribution in [-0.4, -0.2) is 49.7 Å². The number of halogens is 2. The third-order valence-electron chi connectivity index (χ3n) is 5.28. The maximum atomic E-state index is 14.2. The van der Waals surface area contributed by atoms with Gasteiger partial charge in [-0.05, 0) is 50.3 Å². The second-order valence-corrected chi connectivity index (χ2v) is 7.18. The van der Waals surface area contributed by atoms with E-state index in [4.69, 9.17) is 4.74 Å². The second kappa shape index (κ2) is 8.91. The van der Waals surface area contributed by atoms with Crippen LogP contribution in [0.1, 0.15) is 44.6 Å². The second-order valence-electron chi connectivity index (χ2n) is 7.18. The molecule has 0 N–H and O–H groups in total. The van der Waals surface area contributed by atoms with Crippen LogP contribution in [0.2, 0.25) is 0 Å². The lowest BCUT2D eigenvalue weighted by molar-refractivity contribution is -0.119. The average molecular weight is 366 g/mol. The molecule has 2 aliphatic rings. The fourth-order valence-corrected chi connectivity index (χ4v) is 3.85. The number of nitrogens with zero attached hydrogens (tertiary/aromatic N) is 2. The molecule has 0 aliphatic carbocycles. The molecule has 2 heterocycles. The summed E-state index contributed by atoms with van der Waals surface area (Å²) in [4.78, 5) is 16.1. The Labute approximate surface area is 154 Å². The predicted octanol–water partition coefficient (Wildman–Crippen LogP) is 3.53. The van der Waals surface area contributed by atoms with E-state index < -0.39 is 11.6 Å². The Hall–Kier alpha value is -1.53. The number of amides is 1. The van der Waals surface area contributed by atoms with Crippen molar-refractivity contribution in [2.24, 2.45) is 0 Å². The minimum Gasteiger partial charge on any atom is -0.378 e. The van der Waals surface area contributed by atoms with Gasteiger partial charge in [0.05, 0.1) is 11.8 Å². The van der Waals surface area contributed by atoms with Crippen molar-refractivity contribution in [2.45, 2.75) is 51.6 Å². The van der Waals surface area contributed by atoms with Crippen molar-refractivity contribution in [3.8, 4) is 0 Å². The number of carbonyl (C=O) groups is 1. The van der Waals surface area contributed by atoms with Crippen LogP contribution in [0.15, 0.2) is 12.1 Å². The van der Waals surface area contributed by atoms with E-state index in [9.17, 15) is 13.6 Å². The molecule has 1 aromatic carbocycles. The Balaban J connectivity index is 1.52. The van der Waals surface area contributed by atoms with E-state index in [0.717, 1.165) is 63.6 Å². The summed E-state index contributed by atoms with van der Waals surface area (Å²) in [5, 5.41) is 0. The minimum absolute atomic E-state index is 0.117. The summed E-state index contributed by atoms with van der Waals surface area (Å²) in [6.07, 6.45) is 5.06.